The third kappa shape index (κ3) is 3.96. The van der Waals surface area contributed by atoms with Crippen molar-refractivity contribution in [2.45, 2.75) is 31.7 Å². The largest absolute Gasteiger partial charge is 0.366 e. The Bertz CT molecular complexity index is 1360. The van der Waals surface area contributed by atoms with E-state index in [2.05, 4.69) is 5.32 Å². The third-order valence-electron chi connectivity index (χ3n) is 6.32. The molecule has 0 bridgehead atoms. The van der Waals surface area contributed by atoms with Gasteiger partial charge in [0.05, 0.1) is 22.3 Å². The van der Waals surface area contributed by atoms with Crippen LogP contribution in [0.5, 0.6) is 0 Å². The number of nitrogens with zero attached hydrogens (tertiary/aromatic N) is 3. The van der Waals surface area contributed by atoms with E-state index in [1.54, 1.807) is 0 Å². The van der Waals surface area contributed by atoms with Gasteiger partial charge in [-0.2, -0.15) is 0 Å². The van der Waals surface area contributed by atoms with E-state index >= 15 is 8.78 Å². The molecular weight excluding hydrogens is 448 g/mol. The van der Waals surface area contributed by atoms with Gasteiger partial charge in [0.15, 0.2) is 5.82 Å². The number of hydrogen-bond acceptors (Lipinski definition) is 7. The summed E-state index contributed by atoms with van der Waals surface area (Å²) in [6.07, 6.45) is 0.384. The van der Waals surface area contributed by atoms with Crippen LogP contribution in [0.15, 0.2) is 6.07 Å². The minimum absolute atomic E-state index is 0.204. The van der Waals surface area contributed by atoms with Crippen LogP contribution in [0.3, 0.4) is 0 Å². The highest BCUT2D eigenvalue weighted by Gasteiger charge is 2.48. The van der Waals surface area contributed by atoms with Crippen molar-refractivity contribution < 1.29 is 38.9 Å². The molecule has 0 aromatic heterocycles. The summed E-state index contributed by atoms with van der Waals surface area (Å²) in [5.74, 6) is -8.35. The Kier molecular flexibility index (Phi) is 4.02. The SMILES string of the molecule is [2H]C1([2H])N(CC2CCNCC2)C([2H])([2H])C([2H])([2H])N(c2cc(F)c3c(c2F)C(=O)N(C2CCC(=O)NC2=O)C3=O)C1([2H])[2H]. The number of anilines is 1. The summed E-state index contributed by atoms with van der Waals surface area (Å²) in [5, 5.41) is 5.02. The summed E-state index contributed by atoms with van der Waals surface area (Å²) in [5.41, 5.74) is -3.69. The molecule has 0 saturated carbocycles. The first-order valence-electron chi connectivity index (χ1n) is 14.9. The molecule has 4 heterocycles. The van der Waals surface area contributed by atoms with Crippen LogP contribution < -0.4 is 15.5 Å². The zero-order valence-corrected chi connectivity index (χ0v) is 17.9. The second-order valence-corrected chi connectivity index (χ2v) is 8.48. The Morgan fingerprint density at radius 1 is 0.971 bits per heavy atom. The fourth-order valence-electron chi connectivity index (χ4n) is 4.54. The molecule has 0 radical (unpaired) electrons. The molecule has 0 spiro atoms. The molecule has 9 nitrogen and oxygen atoms in total. The molecule has 3 fully saturated rings. The van der Waals surface area contributed by atoms with Gasteiger partial charge in [-0.05, 0) is 38.3 Å². The molecule has 2 N–H and O–H groups in total. The van der Waals surface area contributed by atoms with E-state index in [-0.39, 0.29) is 41.2 Å². The number of fused-ring (bicyclic) bond motifs is 1. The van der Waals surface area contributed by atoms with E-state index in [0.29, 0.717) is 30.8 Å². The van der Waals surface area contributed by atoms with Crippen molar-refractivity contribution in [2.75, 3.05) is 50.5 Å². The predicted molar refractivity (Wildman–Crippen MR) is 117 cm³/mol. The van der Waals surface area contributed by atoms with Crippen molar-refractivity contribution in [1.29, 1.82) is 0 Å². The lowest BCUT2D eigenvalue weighted by Gasteiger charge is -2.38. The van der Waals surface area contributed by atoms with Crippen LogP contribution >= 0.6 is 0 Å². The highest BCUT2D eigenvalue weighted by Crippen LogP contribution is 2.36. The Balaban J connectivity index is 1.60. The van der Waals surface area contributed by atoms with Crippen LogP contribution in [-0.4, -0.2) is 85.1 Å². The van der Waals surface area contributed by atoms with Crippen LogP contribution in [0, 0.1) is 17.6 Å². The van der Waals surface area contributed by atoms with Gasteiger partial charge in [-0.25, -0.2) is 8.78 Å². The molecule has 3 saturated heterocycles. The summed E-state index contributed by atoms with van der Waals surface area (Å²) in [6, 6.07) is -1.38. The standard InChI is InChI=1S/C23H27F2N5O4/c24-14-11-16(29-9-7-28(8-10-29)12-13-3-5-26-6-4-13)20(25)19-18(14)22(33)30(23(19)34)15-1-2-17(31)27-21(15)32/h11,13,15,26H,1-10,12H2,(H,27,31,32)/i7D2,8D2,9D2,10D2. The molecule has 4 aliphatic rings. The molecule has 182 valence electrons. The number of nitrogens with one attached hydrogen (secondary N) is 2. The lowest BCUT2D eigenvalue weighted by atomic mass is 9.97. The monoisotopic (exact) mass is 483 g/mol. The number of amides is 4. The molecule has 4 amide bonds. The predicted octanol–water partition coefficient (Wildman–Crippen LogP) is 0.488. The second-order valence-electron chi connectivity index (χ2n) is 8.48. The maximum absolute atomic E-state index is 16.2. The van der Waals surface area contributed by atoms with Crippen molar-refractivity contribution in [3.05, 3.63) is 28.8 Å². The number of piperazine rings is 1. The number of benzene rings is 1. The fraction of sp³-hybridized carbons (Fsp3) is 0.565. The lowest BCUT2D eigenvalue weighted by Crippen LogP contribution is -2.54. The summed E-state index contributed by atoms with van der Waals surface area (Å²) in [6.45, 7) is -13.0. The van der Waals surface area contributed by atoms with E-state index in [4.69, 9.17) is 11.0 Å². The minimum Gasteiger partial charge on any atom is -0.366 e. The molecule has 34 heavy (non-hydrogen) atoms. The van der Waals surface area contributed by atoms with Crippen molar-refractivity contribution in [3.63, 3.8) is 0 Å². The highest BCUT2D eigenvalue weighted by molar-refractivity contribution is 6.24. The summed E-state index contributed by atoms with van der Waals surface area (Å²) in [4.78, 5) is 50.6. The summed E-state index contributed by atoms with van der Waals surface area (Å²) in [7, 11) is 0. The maximum atomic E-state index is 16.2. The second kappa shape index (κ2) is 9.03. The number of carbonyl (C=O) groups excluding carboxylic acids is 4. The molecule has 5 rings (SSSR count). The van der Waals surface area contributed by atoms with Gasteiger partial charge in [-0.1, -0.05) is 0 Å². The van der Waals surface area contributed by atoms with E-state index in [1.165, 1.54) is 0 Å². The van der Waals surface area contributed by atoms with E-state index in [0.717, 1.165) is 0 Å². The van der Waals surface area contributed by atoms with Gasteiger partial charge in [-0.3, -0.25) is 34.3 Å². The van der Waals surface area contributed by atoms with Crippen molar-refractivity contribution in [2.24, 2.45) is 5.92 Å². The Morgan fingerprint density at radius 3 is 2.32 bits per heavy atom. The summed E-state index contributed by atoms with van der Waals surface area (Å²) >= 11 is 0. The highest BCUT2D eigenvalue weighted by atomic mass is 19.1. The number of carbonyl (C=O) groups is 4. The maximum Gasteiger partial charge on any atom is 0.265 e. The van der Waals surface area contributed by atoms with Crippen LogP contribution in [0.4, 0.5) is 14.5 Å². The van der Waals surface area contributed by atoms with Gasteiger partial charge in [0.2, 0.25) is 11.8 Å². The quantitative estimate of drug-likeness (QED) is 0.601. The van der Waals surface area contributed by atoms with E-state index in [9.17, 15) is 19.2 Å². The lowest BCUT2D eigenvalue weighted by molar-refractivity contribution is -0.136. The molecule has 11 heteroatoms. The van der Waals surface area contributed by atoms with E-state index < -0.39 is 84.1 Å². The molecule has 4 aliphatic heterocycles. The molecule has 1 unspecified atom stereocenters. The Hall–Kier alpha value is -2.92. The Morgan fingerprint density at radius 2 is 1.65 bits per heavy atom. The van der Waals surface area contributed by atoms with Gasteiger partial charge < -0.3 is 10.2 Å². The van der Waals surface area contributed by atoms with Crippen LogP contribution in [-0.2, 0) is 9.59 Å². The zero-order valence-electron chi connectivity index (χ0n) is 25.9. The first-order chi connectivity index (χ1) is 19.4. The van der Waals surface area contributed by atoms with Gasteiger partial charge in [0.25, 0.3) is 11.8 Å². The normalized spacial score (nSPS) is 34.0. The average Bonchev–Trinajstić information content (AvgIpc) is 3.15. The molecular formula is C23H27F2N5O4. The van der Waals surface area contributed by atoms with Crippen LogP contribution in [0.1, 0.15) is 57.4 Å². The number of hydrogen-bond donors (Lipinski definition) is 2. The van der Waals surface area contributed by atoms with Crippen molar-refractivity contribution >= 4 is 29.3 Å². The summed E-state index contributed by atoms with van der Waals surface area (Å²) < 4.78 is 101. The average molecular weight is 484 g/mol. The van der Waals surface area contributed by atoms with Crippen molar-refractivity contribution in [3.8, 4) is 0 Å². The first kappa shape index (κ1) is 15.2. The molecule has 1 aromatic rings. The molecule has 1 atom stereocenters. The van der Waals surface area contributed by atoms with Crippen molar-refractivity contribution in [1.82, 2.24) is 20.4 Å². The number of piperidine rings is 2. The smallest absolute Gasteiger partial charge is 0.265 e. The third-order valence-corrected chi connectivity index (χ3v) is 6.32. The van der Waals surface area contributed by atoms with Crippen LogP contribution in [0.25, 0.3) is 0 Å². The van der Waals surface area contributed by atoms with Gasteiger partial charge in [-0.15, -0.1) is 0 Å². The molecule has 1 aromatic carbocycles. The van der Waals surface area contributed by atoms with Gasteiger partial charge in [0.1, 0.15) is 11.9 Å². The van der Waals surface area contributed by atoms with E-state index in [1.807, 2.05) is 5.32 Å². The first-order valence-corrected chi connectivity index (χ1v) is 10.9. The number of halogens is 2. The Labute approximate surface area is 206 Å². The minimum atomic E-state index is -3.55. The zero-order chi connectivity index (χ0) is 31.2. The topological polar surface area (TPSA) is 102 Å². The number of imide groups is 2. The number of rotatable bonds is 4. The van der Waals surface area contributed by atoms with Crippen LogP contribution in [0.2, 0.25) is 0 Å². The fourth-order valence-corrected chi connectivity index (χ4v) is 4.54. The van der Waals surface area contributed by atoms with Gasteiger partial charge in [0, 0.05) is 50.5 Å². The molecule has 0 aliphatic carbocycles. The van der Waals surface area contributed by atoms with Gasteiger partial charge >= 0.3 is 0 Å².